The number of esters is 2. The summed E-state index contributed by atoms with van der Waals surface area (Å²) < 4.78 is 4.67. The molecule has 0 N–H and O–H groups in total. The van der Waals surface area contributed by atoms with E-state index in [-0.39, 0.29) is 22.8 Å². The third kappa shape index (κ3) is 0.439. The number of ether oxygens (including phenoxy) is 1. The van der Waals surface area contributed by atoms with Crippen LogP contribution in [0, 0.1) is 10.8 Å². The maximum Gasteiger partial charge on any atom is 0.320 e. The van der Waals surface area contributed by atoms with E-state index >= 15 is 0 Å². The van der Waals surface area contributed by atoms with E-state index in [2.05, 4.69) is 4.74 Å². The molecule has 2 atom stereocenters. The van der Waals surface area contributed by atoms with Crippen molar-refractivity contribution in [1.82, 2.24) is 0 Å². The first-order valence-corrected chi connectivity index (χ1v) is 4.48. The molecule has 0 amide bonds. The molecule has 3 fully saturated rings. The van der Waals surface area contributed by atoms with E-state index in [9.17, 15) is 9.59 Å². The van der Waals surface area contributed by atoms with Crippen molar-refractivity contribution in [2.75, 3.05) is 0 Å². The second-order valence-electron chi connectivity index (χ2n) is 4.23. The zero-order valence-corrected chi connectivity index (χ0v) is 6.76. The summed E-state index contributed by atoms with van der Waals surface area (Å²) in [6.07, 6.45) is 4.67. The van der Waals surface area contributed by atoms with Gasteiger partial charge in [-0.1, -0.05) is 12.8 Å². The number of carbonyl (C=O) groups excluding carboxylic acids is 2. The van der Waals surface area contributed by atoms with Gasteiger partial charge in [0.05, 0.1) is 10.8 Å². The number of carbonyl (C=O) groups is 2. The zero-order valence-electron chi connectivity index (χ0n) is 6.76. The molecule has 64 valence electrons. The first-order chi connectivity index (χ1) is 5.71. The first-order valence-electron chi connectivity index (χ1n) is 4.48. The van der Waals surface area contributed by atoms with Crippen molar-refractivity contribution in [3.05, 3.63) is 0 Å². The van der Waals surface area contributed by atoms with Crippen molar-refractivity contribution in [1.29, 1.82) is 0 Å². The zero-order chi connectivity index (χ0) is 8.40. The van der Waals surface area contributed by atoms with Gasteiger partial charge in [0, 0.05) is 0 Å². The third-order valence-electron chi connectivity index (χ3n) is 3.82. The Balaban J connectivity index is 2.09. The minimum absolute atomic E-state index is 0.243. The summed E-state index contributed by atoms with van der Waals surface area (Å²) in [4.78, 5) is 22.7. The van der Waals surface area contributed by atoms with Gasteiger partial charge in [-0.25, -0.2) is 0 Å². The Morgan fingerprint density at radius 3 is 2.00 bits per heavy atom. The van der Waals surface area contributed by atoms with E-state index in [4.69, 9.17) is 0 Å². The van der Waals surface area contributed by atoms with E-state index < -0.39 is 0 Å². The highest BCUT2D eigenvalue weighted by atomic mass is 16.6. The summed E-state index contributed by atoms with van der Waals surface area (Å²) in [5.41, 5.74) is -0.690. The quantitative estimate of drug-likeness (QED) is 0.398. The van der Waals surface area contributed by atoms with Crippen LogP contribution in [0.3, 0.4) is 0 Å². The van der Waals surface area contributed by atoms with Crippen molar-refractivity contribution in [3.8, 4) is 0 Å². The highest BCUT2D eigenvalue weighted by Gasteiger charge is 2.82. The minimum atomic E-state index is -0.345. The molecule has 0 aromatic heterocycles. The van der Waals surface area contributed by atoms with Gasteiger partial charge in [0.15, 0.2) is 0 Å². The topological polar surface area (TPSA) is 43.4 Å². The molecule has 12 heavy (non-hydrogen) atoms. The molecule has 0 bridgehead atoms. The van der Waals surface area contributed by atoms with Crippen LogP contribution in [0.25, 0.3) is 0 Å². The summed E-state index contributed by atoms with van der Waals surface area (Å²) in [5.74, 6) is -0.487. The average molecular weight is 166 g/mol. The maximum atomic E-state index is 11.3. The number of hydrogen-bond donors (Lipinski definition) is 0. The molecular weight excluding hydrogens is 156 g/mol. The molecule has 3 nitrogen and oxygen atoms in total. The van der Waals surface area contributed by atoms with E-state index in [1.807, 2.05) is 0 Å². The fourth-order valence-corrected chi connectivity index (χ4v) is 3.00. The van der Waals surface area contributed by atoms with Gasteiger partial charge in [0.25, 0.3) is 0 Å². The molecule has 2 unspecified atom stereocenters. The van der Waals surface area contributed by atoms with Gasteiger partial charge < -0.3 is 4.74 Å². The second-order valence-corrected chi connectivity index (χ2v) is 4.23. The van der Waals surface area contributed by atoms with Gasteiger partial charge in [-0.2, -0.15) is 0 Å². The Hall–Kier alpha value is -0.860. The molecule has 0 spiro atoms. The van der Waals surface area contributed by atoms with Crippen molar-refractivity contribution in [2.45, 2.75) is 32.1 Å². The summed E-state index contributed by atoms with van der Waals surface area (Å²) in [6.45, 7) is 0. The molecule has 3 rings (SSSR count). The molecule has 0 aromatic carbocycles. The minimum Gasteiger partial charge on any atom is -0.392 e. The third-order valence-corrected chi connectivity index (χ3v) is 3.82. The highest BCUT2D eigenvalue weighted by molar-refractivity contribution is 6.07. The lowest BCUT2D eigenvalue weighted by Gasteiger charge is -2.17. The van der Waals surface area contributed by atoms with Crippen LogP contribution in [0.15, 0.2) is 0 Å². The SMILES string of the molecule is O=C1OC(=O)C23CCCCC12C3. The Morgan fingerprint density at radius 1 is 1.00 bits per heavy atom. The van der Waals surface area contributed by atoms with Crippen LogP contribution in [-0.2, 0) is 14.3 Å². The summed E-state index contributed by atoms with van der Waals surface area (Å²) >= 11 is 0. The molecule has 0 radical (unpaired) electrons. The van der Waals surface area contributed by atoms with Gasteiger partial charge in [-0.05, 0) is 19.3 Å². The van der Waals surface area contributed by atoms with E-state index in [1.165, 1.54) is 0 Å². The maximum absolute atomic E-state index is 11.3. The molecular formula is C9H10O3. The predicted octanol–water partition coefficient (Wildman–Crippen LogP) is 1.02. The Kier molecular flexibility index (Phi) is 0.875. The molecule has 2 saturated carbocycles. The predicted molar refractivity (Wildman–Crippen MR) is 39.1 cm³/mol. The summed E-state index contributed by atoms with van der Waals surface area (Å²) in [7, 11) is 0. The molecule has 3 heteroatoms. The Morgan fingerprint density at radius 2 is 1.50 bits per heavy atom. The number of rotatable bonds is 0. The molecule has 1 heterocycles. The molecule has 2 aliphatic carbocycles. The lowest BCUT2D eigenvalue weighted by Crippen LogP contribution is -2.21. The normalized spacial score (nSPS) is 49.7. The second kappa shape index (κ2) is 1.58. The van der Waals surface area contributed by atoms with Crippen molar-refractivity contribution >= 4 is 11.9 Å². The van der Waals surface area contributed by atoms with Crippen LogP contribution in [0.4, 0.5) is 0 Å². The van der Waals surface area contributed by atoms with Crippen LogP contribution in [0.1, 0.15) is 32.1 Å². The van der Waals surface area contributed by atoms with E-state index in [0.717, 1.165) is 32.1 Å². The smallest absolute Gasteiger partial charge is 0.320 e. The summed E-state index contributed by atoms with van der Waals surface area (Å²) in [6, 6.07) is 0. The van der Waals surface area contributed by atoms with E-state index in [1.54, 1.807) is 0 Å². The number of cyclic esters (lactones) is 2. The van der Waals surface area contributed by atoms with Crippen molar-refractivity contribution < 1.29 is 14.3 Å². The van der Waals surface area contributed by atoms with Gasteiger partial charge >= 0.3 is 11.9 Å². The van der Waals surface area contributed by atoms with Crippen LogP contribution >= 0.6 is 0 Å². The lowest BCUT2D eigenvalue weighted by atomic mass is 9.81. The Bertz CT molecular complexity index is 268. The van der Waals surface area contributed by atoms with Gasteiger partial charge in [0.1, 0.15) is 0 Å². The van der Waals surface area contributed by atoms with Crippen molar-refractivity contribution in [3.63, 3.8) is 0 Å². The molecule has 3 aliphatic rings. The average Bonchev–Trinajstić information content (AvgIpc) is 2.69. The summed E-state index contributed by atoms with van der Waals surface area (Å²) in [5, 5.41) is 0. The van der Waals surface area contributed by atoms with E-state index in [0.29, 0.717) is 0 Å². The van der Waals surface area contributed by atoms with Crippen LogP contribution in [-0.4, -0.2) is 11.9 Å². The van der Waals surface area contributed by atoms with Gasteiger partial charge in [-0.15, -0.1) is 0 Å². The Labute approximate surface area is 70.1 Å². The largest absolute Gasteiger partial charge is 0.392 e. The monoisotopic (exact) mass is 166 g/mol. The van der Waals surface area contributed by atoms with Gasteiger partial charge in [0.2, 0.25) is 0 Å². The van der Waals surface area contributed by atoms with Crippen LogP contribution < -0.4 is 0 Å². The first kappa shape index (κ1) is 6.63. The molecule has 1 aliphatic heterocycles. The number of hydrogen-bond acceptors (Lipinski definition) is 3. The standard InChI is InChI=1S/C9H10O3/c10-6-8-3-1-2-4-9(8,5-8)7(11)12-6/h1-5H2. The van der Waals surface area contributed by atoms with Crippen LogP contribution in [0.2, 0.25) is 0 Å². The molecule has 1 saturated heterocycles. The fraction of sp³-hybridized carbons (Fsp3) is 0.778. The lowest BCUT2D eigenvalue weighted by molar-refractivity contribution is -0.158. The van der Waals surface area contributed by atoms with Crippen LogP contribution in [0.5, 0.6) is 0 Å². The van der Waals surface area contributed by atoms with Gasteiger partial charge in [-0.3, -0.25) is 9.59 Å². The fourth-order valence-electron chi connectivity index (χ4n) is 3.00. The van der Waals surface area contributed by atoms with Crippen molar-refractivity contribution in [2.24, 2.45) is 10.8 Å². The highest BCUT2D eigenvalue weighted by Crippen LogP contribution is 2.75. The molecule has 0 aromatic rings.